The summed E-state index contributed by atoms with van der Waals surface area (Å²) in [7, 11) is 3.69. The molecule has 19 heavy (non-hydrogen) atoms. The van der Waals surface area contributed by atoms with Gasteiger partial charge in [0.1, 0.15) is 0 Å². The first-order chi connectivity index (χ1) is 8.99. The van der Waals surface area contributed by atoms with Crippen molar-refractivity contribution in [1.29, 1.82) is 0 Å². The van der Waals surface area contributed by atoms with E-state index in [4.69, 9.17) is 5.11 Å². The summed E-state index contributed by atoms with van der Waals surface area (Å²) >= 11 is 0. The maximum Gasteiger partial charge on any atom is 0.308 e. The van der Waals surface area contributed by atoms with Crippen LogP contribution in [0.5, 0.6) is 0 Å². The Morgan fingerprint density at radius 2 is 2.21 bits per heavy atom. The van der Waals surface area contributed by atoms with E-state index in [2.05, 4.69) is 0 Å². The molecular formula is C14H16N2O3. The predicted octanol–water partition coefficient (Wildman–Crippen LogP) is 1.11. The Morgan fingerprint density at radius 1 is 1.47 bits per heavy atom. The number of carbonyl (C=O) groups excluding carboxylic acids is 1. The number of hydrogen-bond acceptors (Lipinski definition) is 3. The molecule has 2 atom stereocenters. The van der Waals surface area contributed by atoms with E-state index in [1.54, 1.807) is 11.9 Å². The molecule has 1 amide bonds. The van der Waals surface area contributed by atoms with Crippen LogP contribution in [-0.2, 0) is 16.0 Å². The lowest BCUT2D eigenvalue weighted by molar-refractivity contribution is -0.138. The van der Waals surface area contributed by atoms with Crippen molar-refractivity contribution in [2.45, 2.75) is 18.9 Å². The van der Waals surface area contributed by atoms with Gasteiger partial charge in [-0.05, 0) is 30.2 Å². The Bertz CT molecular complexity index is 570. The van der Waals surface area contributed by atoms with Crippen LogP contribution in [-0.4, -0.2) is 37.1 Å². The van der Waals surface area contributed by atoms with Crippen LogP contribution in [0.1, 0.15) is 12.0 Å². The maximum atomic E-state index is 11.6. The maximum absolute atomic E-state index is 11.6. The minimum absolute atomic E-state index is 0.0744. The third kappa shape index (κ3) is 1.85. The molecule has 0 saturated heterocycles. The van der Waals surface area contributed by atoms with E-state index in [9.17, 15) is 9.59 Å². The lowest BCUT2D eigenvalue weighted by Crippen LogP contribution is -2.23. The van der Waals surface area contributed by atoms with E-state index in [0.29, 0.717) is 12.8 Å². The van der Waals surface area contributed by atoms with Gasteiger partial charge in [-0.1, -0.05) is 0 Å². The molecule has 1 aliphatic carbocycles. The second-order valence-corrected chi connectivity index (χ2v) is 5.30. The fourth-order valence-electron chi connectivity index (χ4n) is 2.74. The number of hydrogen-bond donors (Lipinski definition) is 1. The SMILES string of the molecule is CN1C(=O)Cc2cc(N(C)C3CC3C(=O)O)ccc21. The third-order valence-electron chi connectivity index (χ3n) is 4.12. The molecule has 1 aromatic carbocycles. The molecule has 1 heterocycles. The summed E-state index contributed by atoms with van der Waals surface area (Å²) in [4.78, 5) is 26.2. The van der Waals surface area contributed by atoms with Crippen molar-refractivity contribution in [3.05, 3.63) is 23.8 Å². The van der Waals surface area contributed by atoms with Crippen molar-refractivity contribution in [2.75, 3.05) is 23.9 Å². The smallest absolute Gasteiger partial charge is 0.308 e. The lowest BCUT2D eigenvalue weighted by atomic mass is 10.1. The molecule has 1 saturated carbocycles. The fraction of sp³-hybridized carbons (Fsp3) is 0.429. The van der Waals surface area contributed by atoms with Crippen molar-refractivity contribution in [1.82, 2.24) is 0 Å². The number of anilines is 2. The number of nitrogens with zero attached hydrogens (tertiary/aromatic N) is 2. The van der Waals surface area contributed by atoms with Gasteiger partial charge in [0.25, 0.3) is 0 Å². The summed E-state index contributed by atoms with van der Waals surface area (Å²) < 4.78 is 0. The Balaban J connectivity index is 1.83. The van der Waals surface area contributed by atoms with Crippen molar-refractivity contribution in [3.63, 3.8) is 0 Å². The molecule has 1 aromatic rings. The summed E-state index contributed by atoms with van der Waals surface area (Å²) in [5.41, 5.74) is 2.95. The van der Waals surface area contributed by atoms with Crippen LogP contribution in [0.25, 0.3) is 0 Å². The highest BCUT2D eigenvalue weighted by Gasteiger charge is 2.46. The highest BCUT2D eigenvalue weighted by atomic mass is 16.4. The van der Waals surface area contributed by atoms with Crippen LogP contribution in [0.3, 0.4) is 0 Å². The van der Waals surface area contributed by atoms with Gasteiger partial charge in [0.2, 0.25) is 5.91 Å². The predicted molar refractivity (Wildman–Crippen MR) is 71.5 cm³/mol. The van der Waals surface area contributed by atoms with Gasteiger partial charge < -0.3 is 14.9 Å². The number of carboxylic acids is 1. The molecule has 1 fully saturated rings. The quantitative estimate of drug-likeness (QED) is 0.884. The van der Waals surface area contributed by atoms with E-state index in [1.807, 2.05) is 30.1 Å². The highest BCUT2D eigenvalue weighted by Crippen LogP contribution is 2.39. The average molecular weight is 260 g/mol. The van der Waals surface area contributed by atoms with Crippen molar-refractivity contribution in [3.8, 4) is 0 Å². The number of carbonyl (C=O) groups is 2. The van der Waals surface area contributed by atoms with E-state index in [1.165, 1.54) is 0 Å². The molecule has 0 bridgehead atoms. The zero-order valence-corrected chi connectivity index (χ0v) is 11.0. The summed E-state index contributed by atoms with van der Waals surface area (Å²) in [6.07, 6.45) is 1.13. The van der Waals surface area contributed by atoms with Gasteiger partial charge >= 0.3 is 5.97 Å². The highest BCUT2D eigenvalue weighted by molar-refractivity contribution is 6.01. The Labute approximate surface area is 111 Å². The molecule has 5 nitrogen and oxygen atoms in total. The van der Waals surface area contributed by atoms with Gasteiger partial charge in [-0.15, -0.1) is 0 Å². The van der Waals surface area contributed by atoms with Gasteiger partial charge in [-0.3, -0.25) is 9.59 Å². The van der Waals surface area contributed by atoms with E-state index >= 15 is 0 Å². The second-order valence-electron chi connectivity index (χ2n) is 5.30. The van der Waals surface area contributed by atoms with Crippen molar-refractivity contribution < 1.29 is 14.7 Å². The number of carboxylic acid groups (broad SMARTS) is 1. The Morgan fingerprint density at radius 3 is 2.84 bits per heavy atom. The Kier molecular flexibility index (Phi) is 2.52. The minimum atomic E-state index is -0.729. The molecule has 100 valence electrons. The summed E-state index contributed by atoms with van der Waals surface area (Å²) in [6, 6.07) is 5.95. The first kappa shape index (κ1) is 12.0. The molecule has 0 radical (unpaired) electrons. The molecule has 2 unspecified atom stereocenters. The topological polar surface area (TPSA) is 60.9 Å². The molecule has 0 aromatic heterocycles. The van der Waals surface area contributed by atoms with Crippen LogP contribution >= 0.6 is 0 Å². The zero-order valence-electron chi connectivity index (χ0n) is 11.0. The molecular weight excluding hydrogens is 244 g/mol. The van der Waals surface area contributed by atoms with Gasteiger partial charge in [-0.2, -0.15) is 0 Å². The van der Waals surface area contributed by atoms with E-state index in [0.717, 1.165) is 16.9 Å². The zero-order chi connectivity index (χ0) is 13.7. The van der Waals surface area contributed by atoms with Crippen LogP contribution < -0.4 is 9.80 Å². The molecule has 1 aliphatic heterocycles. The third-order valence-corrected chi connectivity index (χ3v) is 4.12. The van der Waals surface area contributed by atoms with Crippen LogP contribution in [0.15, 0.2) is 18.2 Å². The molecule has 1 N–H and O–H groups in total. The van der Waals surface area contributed by atoms with Crippen molar-refractivity contribution in [2.24, 2.45) is 5.92 Å². The van der Waals surface area contributed by atoms with Gasteiger partial charge in [0.15, 0.2) is 0 Å². The normalized spacial score (nSPS) is 24.3. The van der Waals surface area contributed by atoms with Crippen LogP contribution in [0.4, 0.5) is 11.4 Å². The first-order valence-corrected chi connectivity index (χ1v) is 6.34. The minimum Gasteiger partial charge on any atom is -0.481 e. The molecule has 0 spiro atoms. The van der Waals surface area contributed by atoms with E-state index < -0.39 is 5.97 Å². The Hall–Kier alpha value is -2.04. The van der Waals surface area contributed by atoms with E-state index in [-0.39, 0.29) is 17.9 Å². The summed E-state index contributed by atoms with van der Waals surface area (Å²) in [6.45, 7) is 0. The number of rotatable bonds is 3. The molecule has 3 rings (SSSR count). The van der Waals surface area contributed by atoms with Gasteiger partial charge in [0, 0.05) is 31.5 Å². The molecule has 2 aliphatic rings. The van der Waals surface area contributed by atoms with Crippen LogP contribution in [0, 0.1) is 5.92 Å². The standard InChI is InChI=1S/C14H16N2O3/c1-15(12-7-10(12)14(18)19)9-3-4-11-8(5-9)6-13(17)16(11)2/h3-5,10,12H,6-7H2,1-2H3,(H,18,19). The monoisotopic (exact) mass is 260 g/mol. The van der Waals surface area contributed by atoms with Gasteiger partial charge in [-0.25, -0.2) is 0 Å². The number of fused-ring (bicyclic) bond motifs is 1. The largest absolute Gasteiger partial charge is 0.481 e. The lowest BCUT2D eigenvalue weighted by Gasteiger charge is -2.20. The van der Waals surface area contributed by atoms with Crippen LogP contribution in [0.2, 0.25) is 0 Å². The summed E-state index contributed by atoms with van der Waals surface area (Å²) in [5, 5.41) is 8.97. The first-order valence-electron chi connectivity index (χ1n) is 6.34. The van der Waals surface area contributed by atoms with Gasteiger partial charge in [0.05, 0.1) is 12.3 Å². The number of likely N-dealkylation sites (N-methyl/N-ethyl adjacent to an activating group) is 1. The second kappa shape index (κ2) is 3.98. The number of aliphatic carboxylic acids is 1. The number of benzene rings is 1. The van der Waals surface area contributed by atoms with Crippen molar-refractivity contribution >= 4 is 23.3 Å². The summed E-state index contributed by atoms with van der Waals surface area (Å²) in [5.74, 6) is -0.889. The number of amides is 1. The average Bonchev–Trinajstić information content (AvgIpc) is 3.12. The molecule has 5 heteroatoms. The fourth-order valence-corrected chi connectivity index (χ4v) is 2.74.